The molecule has 0 spiro atoms. The van der Waals surface area contributed by atoms with E-state index in [0.29, 0.717) is 17.8 Å². The van der Waals surface area contributed by atoms with E-state index in [2.05, 4.69) is 21.2 Å². The minimum atomic E-state index is -0.214. The zero-order valence-corrected chi connectivity index (χ0v) is 10.8. The Morgan fingerprint density at radius 3 is 2.88 bits per heavy atom. The number of benzene rings is 1. The standard InChI is InChI=1S/C12H15BrFNO/c1-2-16-9-6-8(7-9)15-12-10(13)4-3-5-11(12)14/h3-5,8-9,15H,2,6-7H2,1H3. The average molecular weight is 288 g/mol. The molecule has 1 aliphatic rings. The Balaban J connectivity index is 1.91. The van der Waals surface area contributed by atoms with E-state index >= 15 is 0 Å². The average Bonchev–Trinajstić information content (AvgIpc) is 2.19. The van der Waals surface area contributed by atoms with Crippen LogP contribution in [0.25, 0.3) is 0 Å². The summed E-state index contributed by atoms with van der Waals surface area (Å²) in [4.78, 5) is 0. The molecule has 0 atom stereocenters. The van der Waals surface area contributed by atoms with Crippen LogP contribution in [-0.4, -0.2) is 18.8 Å². The molecule has 1 aromatic rings. The molecule has 0 aromatic heterocycles. The fourth-order valence-electron chi connectivity index (χ4n) is 1.90. The van der Waals surface area contributed by atoms with Crippen LogP contribution in [0.3, 0.4) is 0 Å². The van der Waals surface area contributed by atoms with Gasteiger partial charge in [0, 0.05) is 17.1 Å². The highest BCUT2D eigenvalue weighted by Gasteiger charge is 2.30. The van der Waals surface area contributed by atoms with E-state index in [1.165, 1.54) is 6.07 Å². The molecule has 0 amide bonds. The molecule has 4 heteroatoms. The molecule has 1 N–H and O–H groups in total. The summed E-state index contributed by atoms with van der Waals surface area (Å²) in [5.74, 6) is -0.214. The van der Waals surface area contributed by atoms with Crippen molar-refractivity contribution in [2.45, 2.75) is 31.9 Å². The molecular weight excluding hydrogens is 273 g/mol. The Bertz CT molecular complexity index is 346. The van der Waals surface area contributed by atoms with Crippen LogP contribution in [0.1, 0.15) is 19.8 Å². The van der Waals surface area contributed by atoms with Gasteiger partial charge in [0.05, 0.1) is 11.8 Å². The topological polar surface area (TPSA) is 21.3 Å². The van der Waals surface area contributed by atoms with Crippen molar-refractivity contribution in [3.63, 3.8) is 0 Å². The number of rotatable bonds is 4. The van der Waals surface area contributed by atoms with Gasteiger partial charge in [-0.1, -0.05) is 6.07 Å². The second-order valence-electron chi connectivity index (χ2n) is 3.99. The fourth-order valence-corrected chi connectivity index (χ4v) is 2.35. The maximum absolute atomic E-state index is 13.5. The predicted molar refractivity (Wildman–Crippen MR) is 66.2 cm³/mol. The molecule has 1 aromatic carbocycles. The Morgan fingerprint density at radius 2 is 2.25 bits per heavy atom. The zero-order valence-electron chi connectivity index (χ0n) is 9.17. The molecule has 1 aliphatic carbocycles. The third kappa shape index (κ3) is 2.55. The number of para-hydroxylation sites is 1. The summed E-state index contributed by atoms with van der Waals surface area (Å²) in [7, 11) is 0. The van der Waals surface area contributed by atoms with Crippen LogP contribution in [0.4, 0.5) is 10.1 Å². The Hall–Kier alpha value is -0.610. The summed E-state index contributed by atoms with van der Waals surface area (Å²) in [5, 5.41) is 3.20. The van der Waals surface area contributed by atoms with Gasteiger partial charge in [0.1, 0.15) is 5.82 Å². The Morgan fingerprint density at radius 1 is 1.50 bits per heavy atom. The van der Waals surface area contributed by atoms with Gasteiger partial charge in [-0.3, -0.25) is 0 Å². The molecule has 1 saturated carbocycles. The van der Waals surface area contributed by atoms with Crippen LogP contribution in [-0.2, 0) is 4.74 Å². The van der Waals surface area contributed by atoms with Crippen molar-refractivity contribution in [1.82, 2.24) is 0 Å². The fraction of sp³-hybridized carbons (Fsp3) is 0.500. The summed E-state index contributed by atoms with van der Waals surface area (Å²) < 4.78 is 19.7. The molecule has 0 aliphatic heterocycles. The highest BCUT2D eigenvalue weighted by atomic mass is 79.9. The van der Waals surface area contributed by atoms with Crippen molar-refractivity contribution < 1.29 is 9.13 Å². The van der Waals surface area contributed by atoms with E-state index < -0.39 is 0 Å². The van der Waals surface area contributed by atoms with E-state index in [1.54, 1.807) is 6.07 Å². The smallest absolute Gasteiger partial charge is 0.147 e. The molecule has 0 saturated heterocycles. The van der Waals surface area contributed by atoms with Crippen molar-refractivity contribution in [3.8, 4) is 0 Å². The second-order valence-corrected chi connectivity index (χ2v) is 4.84. The zero-order chi connectivity index (χ0) is 11.5. The van der Waals surface area contributed by atoms with Crippen molar-refractivity contribution >= 4 is 21.6 Å². The predicted octanol–water partition coefficient (Wildman–Crippen LogP) is 3.57. The lowest BCUT2D eigenvalue weighted by atomic mass is 9.89. The molecule has 2 rings (SSSR count). The van der Waals surface area contributed by atoms with Crippen molar-refractivity contribution in [2.24, 2.45) is 0 Å². The van der Waals surface area contributed by atoms with Crippen LogP contribution in [0.5, 0.6) is 0 Å². The molecule has 0 unspecified atom stereocenters. The monoisotopic (exact) mass is 287 g/mol. The van der Waals surface area contributed by atoms with E-state index in [0.717, 1.165) is 23.9 Å². The Labute approximate surface area is 103 Å². The van der Waals surface area contributed by atoms with E-state index in [1.807, 2.05) is 13.0 Å². The summed E-state index contributed by atoms with van der Waals surface area (Å²) in [5.41, 5.74) is 0.558. The normalized spacial score (nSPS) is 23.9. The quantitative estimate of drug-likeness (QED) is 0.914. The highest BCUT2D eigenvalue weighted by Crippen LogP contribution is 2.31. The lowest BCUT2D eigenvalue weighted by molar-refractivity contribution is 0.00292. The maximum atomic E-state index is 13.5. The SMILES string of the molecule is CCOC1CC(Nc2c(F)cccc2Br)C1. The minimum absolute atomic E-state index is 0.214. The number of ether oxygens (including phenoxy) is 1. The lowest BCUT2D eigenvalue weighted by Crippen LogP contribution is -2.41. The molecule has 0 bridgehead atoms. The lowest BCUT2D eigenvalue weighted by Gasteiger charge is -2.36. The van der Waals surface area contributed by atoms with Crippen LogP contribution < -0.4 is 5.32 Å². The third-order valence-corrected chi connectivity index (χ3v) is 3.47. The van der Waals surface area contributed by atoms with Crippen LogP contribution in [0.2, 0.25) is 0 Å². The molecule has 88 valence electrons. The van der Waals surface area contributed by atoms with Gasteiger partial charge in [0.2, 0.25) is 0 Å². The van der Waals surface area contributed by atoms with Crippen molar-refractivity contribution in [2.75, 3.05) is 11.9 Å². The first-order chi connectivity index (χ1) is 7.70. The van der Waals surface area contributed by atoms with Gasteiger partial charge in [-0.15, -0.1) is 0 Å². The van der Waals surface area contributed by atoms with Gasteiger partial charge in [-0.05, 0) is 47.8 Å². The maximum Gasteiger partial charge on any atom is 0.147 e. The first-order valence-corrected chi connectivity index (χ1v) is 6.32. The van der Waals surface area contributed by atoms with Crippen LogP contribution in [0, 0.1) is 5.82 Å². The van der Waals surface area contributed by atoms with Crippen LogP contribution >= 0.6 is 15.9 Å². The second kappa shape index (κ2) is 5.15. The molecule has 16 heavy (non-hydrogen) atoms. The van der Waals surface area contributed by atoms with Gasteiger partial charge < -0.3 is 10.1 Å². The number of halogens is 2. The van der Waals surface area contributed by atoms with Gasteiger partial charge in [-0.2, -0.15) is 0 Å². The number of nitrogens with one attached hydrogen (secondary N) is 1. The molecule has 0 radical (unpaired) electrons. The summed E-state index contributed by atoms with van der Waals surface area (Å²) in [6.45, 7) is 2.75. The molecule has 2 nitrogen and oxygen atoms in total. The van der Waals surface area contributed by atoms with E-state index in [9.17, 15) is 4.39 Å². The minimum Gasteiger partial charge on any atom is -0.379 e. The summed E-state index contributed by atoms with van der Waals surface area (Å²) in [6.07, 6.45) is 2.25. The van der Waals surface area contributed by atoms with Gasteiger partial charge in [0.25, 0.3) is 0 Å². The first kappa shape index (κ1) is 11.9. The number of anilines is 1. The largest absolute Gasteiger partial charge is 0.379 e. The highest BCUT2D eigenvalue weighted by molar-refractivity contribution is 9.10. The Kier molecular flexibility index (Phi) is 3.82. The first-order valence-electron chi connectivity index (χ1n) is 5.53. The number of hydrogen-bond donors (Lipinski definition) is 1. The van der Waals surface area contributed by atoms with Crippen molar-refractivity contribution in [1.29, 1.82) is 0 Å². The summed E-state index contributed by atoms with van der Waals surface area (Å²) in [6, 6.07) is 5.31. The van der Waals surface area contributed by atoms with Gasteiger partial charge >= 0.3 is 0 Å². The molecular formula is C12H15BrFNO. The van der Waals surface area contributed by atoms with Crippen LogP contribution in [0.15, 0.2) is 22.7 Å². The van der Waals surface area contributed by atoms with Gasteiger partial charge in [-0.25, -0.2) is 4.39 Å². The van der Waals surface area contributed by atoms with E-state index in [-0.39, 0.29) is 5.82 Å². The molecule has 0 heterocycles. The van der Waals surface area contributed by atoms with Crippen molar-refractivity contribution in [3.05, 3.63) is 28.5 Å². The van der Waals surface area contributed by atoms with Gasteiger partial charge in [0.15, 0.2) is 0 Å². The number of hydrogen-bond acceptors (Lipinski definition) is 2. The third-order valence-electron chi connectivity index (χ3n) is 2.81. The molecule has 1 fully saturated rings. The van der Waals surface area contributed by atoms with E-state index in [4.69, 9.17) is 4.74 Å². The summed E-state index contributed by atoms with van der Waals surface area (Å²) >= 11 is 3.34.